The Morgan fingerprint density at radius 3 is 2.81 bits per heavy atom. The number of alkyl halides is 3. The number of rotatable bonds is 5. The average Bonchev–Trinajstić information content (AvgIpc) is 2.48. The van der Waals surface area contributed by atoms with Gasteiger partial charge in [0.1, 0.15) is 0 Å². The van der Waals surface area contributed by atoms with Crippen molar-refractivity contribution in [2.45, 2.75) is 24.9 Å². The zero-order chi connectivity index (χ0) is 12.2. The maximum atomic E-state index is 11.9. The quantitative estimate of drug-likeness (QED) is 0.808. The number of nitrogens with zero attached hydrogens (tertiary/aromatic N) is 1. The van der Waals surface area contributed by atoms with E-state index in [0.29, 0.717) is 19.5 Å². The first-order valence-electron chi connectivity index (χ1n) is 5.17. The van der Waals surface area contributed by atoms with E-state index < -0.39 is 5.51 Å². The summed E-state index contributed by atoms with van der Waals surface area (Å²) >= 11 is -0.0773. The smallest absolute Gasteiger partial charge is 0.340 e. The minimum absolute atomic E-state index is 0.0773. The van der Waals surface area contributed by atoms with E-state index in [1.165, 1.54) is 4.90 Å². The summed E-state index contributed by atoms with van der Waals surface area (Å²) in [6.45, 7) is 3.32. The molecule has 94 valence electrons. The van der Waals surface area contributed by atoms with Gasteiger partial charge in [-0.05, 0) is 24.7 Å². The van der Waals surface area contributed by atoms with E-state index in [1.807, 2.05) is 6.92 Å². The van der Waals surface area contributed by atoms with Crippen LogP contribution in [0.25, 0.3) is 0 Å². The number of thioether (sulfide) groups is 1. The van der Waals surface area contributed by atoms with Gasteiger partial charge in [0.2, 0.25) is 5.91 Å². The van der Waals surface area contributed by atoms with Gasteiger partial charge < -0.3 is 10.2 Å². The minimum Gasteiger partial charge on any atom is -0.340 e. The van der Waals surface area contributed by atoms with Crippen molar-refractivity contribution >= 4 is 17.7 Å². The van der Waals surface area contributed by atoms with Crippen LogP contribution in [0.1, 0.15) is 13.3 Å². The van der Waals surface area contributed by atoms with Crippen molar-refractivity contribution in [2.24, 2.45) is 0 Å². The van der Waals surface area contributed by atoms with Crippen molar-refractivity contribution in [3.63, 3.8) is 0 Å². The van der Waals surface area contributed by atoms with E-state index in [1.54, 1.807) is 0 Å². The molecular weight excluding hydrogens is 241 g/mol. The molecule has 0 saturated carbocycles. The van der Waals surface area contributed by atoms with Crippen LogP contribution in [-0.2, 0) is 4.79 Å². The summed E-state index contributed by atoms with van der Waals surface area (Å²) in [5.41, 5.74) is -4.20. The van der Waals surface area contributed by atoms with Gasteiger partial charge in [0.15, 0.2) is 0 Å². The molecule has 1 atom stereocenters. The van der Waals surface area contributed by atoms with Crippen molar-refractivity contribution in [1.82, 2.24) is 10.2 Å². The number of carbonyl (C=O) groups excluding carboxylic acids is 1. The van der Waals surface area contributed by atoms with Gasteiger partial charge in [-0.2, -0.15) is 13.2 Å². The lowest BCUT2D eigenvalue weighted by molar-refractivity contribution is -0.129. The first-order chi connectivity index (χ1) is 7.44. The first-order valence-corrected chi connectivity index (χ1v) is 6.15. The van der Waals surface area contributed by atoms with Gasteiger partial charge in [0, 0.05) is 18.8 Å². The highest BCUT2D eigenvalue weighted by atomic mass is 32.2. The van der Waals surface area contributed by atoms with E-state index >= 15 is 0 Å². The lowest BCUT2D eigenvalue weighted by atomic mass is 10.2. The summed E-state index contributed by atoms with van der Waals surface area (Å²) in [5.74, 6) is -0.168. The molecule has 0 bridgehead atoms. The second-order valence-corrected chi connectivity index (χ2v) is 4.68. The average molecular weight is 256 g/mol. The topological polar surface area (TPSA) is 32.3 Å². The Kier molecular flexibility index (Phi) is 4.91. The van der Waals surface area contributed by atoms with Crippen molar-refractivity contribution in [3.05, 3.63) is 0 Å². The summed E-state index contributed by atoms with van der Waals surface area (Å²) in [5, 5.41) is 3.01. The molecule has 0 aliphatic carbocycles. The SMILES string of the molecule is CCNC1CCN(CCSC(F)(F)F)C1=O. The normalized spacial score (nSPS) is 21.9. The largest absolute Gasteiger partial charge is 0.441 e. The molecule has 1 unspecified atom stereocenters. The molecule has 0 aromatic heterocycles. The molecule has 3 nitrogen and oxygen atoms in total. The zero-order valence-corrected chi connectivity index (χ0v) is 9.83. The molecule has 1 fully saturated rings. The summed E-state index contributed by atoms with van der Waals surface area (Å²) in [4.78, 5) is 13.1. The van der Waals surface area contributed by atoms with Gasteiger partial charge in [-0.1, -0.05) is 6.92 Å². The molecule has 1 aliphatic rings. The van der Waals surface area contributed by atoms with Crippen LogP contribution in [0.15, 0.2) is 0 Å². The first kappa shape index (κ1) is 13.6. The molecule has 0 radical (unpaired) electrons. The number of hydrogen-bond acceptors (Lipinski definition) is 3. The maximum Gasteiger partial charge on any atom is 0.441 e. The van der Waals surface area contributed by atoms with E-state index in [9.17, 15) is 18.0 Å². The summed E-state index contributed by atoms with van der Waals surface area (Å²) in [7, 11) is 0. The van der Waals surface area contributed by atoms with Crippen LogP contribution in [0, 0.1) is 0 Å². The number of hydrogen-bond donors (Lipinski definition) is 1. The van der Waals surface area contributed by atoms with E-state index in [0.717, 1.165) is 0 Å². The Bertz CT molecular complexity index is 247. The van der Waals surface area contributed by atoms with E-state index in [-0.39, 0.29) is 36.0 Å². The third-order valence-corrected chi connectivity index (χ3v) is 3.09. The summed E-state index contributed by atoms with van der Waals surface area (Å²) < 4.78 is 35.6. The lowest BCUT2D eigenvalue weighted by Gasteiger charge is -2.17. The highest BCUT2D eigenvalue weighted by Gasteiger charge is 2.32. The molecule has 0 spiro atoms. The second-order valence-electron chi connectivity index (χ2n) is 3.52. The van der Waals surface area contributed by atoms with Crippen molar-refractivity contribution in [1.29, 1.82) is 0 Å². The van der Waals surface area contributed by atoms with E-state index in [2.05, 4.69) is 5.32 Å². The Labute approximate surface area is 96.7 Å². The molecule has 1 aliphatic heterocycles. The van der Waals surface area contributed by atoms with Crippen molar-refractivity contribution in [3.8, 4) is 0 Å². The Balaban J connectivity index is 2.27. The monoisotopic (exact) mass is 256 g/mol. The highest BCUT2D eigenvalue weighted by Crippen LogP contribution is 2.30. The number of likely N-dealkylation sites (N-methyl/N-ethyl adjacent to an activating group) is 1. The molecular formula is C9H15F3N2OS. The zero-order valence-electron chi connectivity index (χ0n) is 9.01. The van der Waals surface area contributed by atoms with Crippen LogP contribution in [0.5, 0.6) is 0 Å². The van der Waals surface area contributed by atoms with Gasteiger partial charge in [0.05, 0.1) is 6.04 Å². The Hall–Kier alpha value is -0.430. The number of likely N-dealkylation sites (tertiary alicyclic amines) is 1. The predicted octanol–water partition coefficient (Wildman–Crippen LogP) is 1.45. The fraction of sp³-hybridized carbons (Fsp3) is 0.889. The van der Waals surface area contributed by atoms with Gasteiger partial charge >= 0.3 is 5.51 Å². The van der Waals surface area contributed by atoms with Crippen LogP contribution in [0.2, 0.25) is 0 Å². The van der Waals surface area contributed by atoms with Crippen molar-refractivity contribution < 1.29 is 18.0 Å². The standard InChI is InChI=1S/C9H15F3N2OS/c1-2-13-7-3-4-14(8(7)15)5-6-16-9(10,11)12/h7,13H,2-6H2,1H3. The number of halogens is 3. The molecule has 1 rings (SSSR count). The minimum atomic E-state index is -4.20. The van der Waals surface area contributed by atoms with Crippen LogP contribution in [-0.4, -0.2) is 47.7 Å². The predicted molar refractivity (Wildman–Crippen MR) is 57.2 cm³/mol. The highest BCUT2D eigenvalue weighted by molar-refractivity contribution is 8.00. The molecule has 1 N–H and O–H groups in total. The van der Waals surface area contributed by atoms with Crippen LogP contribution >= 0.6 is 11.8 Å². The molecule has 0 aromatic rings. The molecule has 0 aromatic carbocycles. The molecule has 7 heteroatoms. The Morgan fingerprint density at radius 2 is 2.25 bits per heavy atom. The lowest BCUT2D eigenvalue weighted by Crippen LogP contribution is -2.39. The molecule has 1 heterocycles. The second kappa shape index (κ2) is 5.77. The van der Waals surface area contributed by atoms with Gasteiger partial charge in [-0.25, -0.2) is 0 Å². The molecule has 1 amide bonds. The Morgan fingerprint density at radius 1 is 1.56 bits per heavy atom. The third-order valence-electron chi connectivity index (χ3n) is 2.37. The molecule has 16 heavy (non-hydrogen) atoms. The number of amides is 1. The third kappa shape index (κ3) is 4.21. The fourth-order valence-electron chi connectivity index (χ4n) is 1.67. The summed E-state index contributed by atoms with van der Waals surface area (Å²) in [6.07, 6.45) is 0.684. The van der Waals surface area contributed by atoms with Crippen LogP contribution in [0.3, 0.4) is 0 Å². The van der Waals surface area contributed by atoms with Crippen LogP contribution in [0.4, 0.5) is 13.2 Å². The number of carbonyl (C=O) groups is 1. The van der Waals surface area contributed by atoms with Crippen LogP contribution < -0.4 is 5.32 Å². The number of nitrogens with one attached hydrogen (secondary N) is 1. The van der Waals surface area contributed by atoms with Crippen molar-refractivity contribution in [2.75, 3.05) is 25.4 Å². The van der Waals surface area contributed by atoms with Gasteiger partial charge in [0.25, 0.3) is 0 Å². The fourth-order valence-corrected chi connectivity index (χ4v) is 2.21. The molecule has 1 saturated heterocycles. The van der Waals surface area contributed by atoms with E-state index in [4.69, 9.17) is 0 Å². The van der Waals surface area contributed by atoms with Gasteiger partial charge in [-0.3, -0.25) is 4.79 Å². The van der Waals surface area contributed by atoms with Gasteiger partial charge in [-0.15, -0.1) is 0 Å². The summed E-state index contributed by atoms with van der Waals surface area (Å²) in [6, 6.07) is -0.208. The maximum absolute atomic E-state index is 11.9.